The molecule has 4 aromatic rings. The molecule has 0 bridgehead atoms. The third-order valence-corrected chi connectivity index (χ3v) is 7.84. The van der Waals surface area contributed by atoms with Crippen LogP contribution in [0.2, 0.25) is 0 Å². The molecule has 11 heteroatoms. The quantitative estimate of drug-likeness (QED) is 0.233. The number of hydrogen-bond donors (Lipinski definition) is 1. The van der Waals surface area contributed by atoms with Crippen LogP contribution < -0.4 is 9.62 Å². The van der Waals surface area contributed by atoms with Crippen molar-refractivity contribution in [2.45, 2.75) is 4.90 Å². The minimum atomic E-state index is -0.871. The molecule has 5 nitrogen and oxygen atoms in total. The summed E-state index contributed by atoms with van der Waals surface area (Å²) in [7, 11) is 2.05. The number of hydrogen-bond acceptors (Lipinski definition) is 7. The number of nitrogens with zero attached hydrogens (tertiary/aromatic N) is 4. The van der Waals surface area contributed by atoms with Gasteiger partial charge in [-0.2, -0.15) is 0 Å². The molecule has 2 aromatic heterocycles. The molecule has 0 amide bonds. The largest absolute Gasteiger partial charge is 0.345 e. The first kappa shape index (κ1) is 24.5. The monoisotopic (exact) mass is 531 g/mol. The van der Waals surface area contributed by atoms with Gasteiger partial charge in [0, 0.05) is 38.6 Å². The molecule has 3 heterocycles. The fraction of sp³-hybridized carbons (Fsp3) is 0.200. The third-order valence-electron chi connectivity index (χ3n) is 5.82. The molecule has 36 heavy (non-hydrogen) atoms. The van der Waals surface area contributed by atoms with Crippen molar-refractivity contribution < 1.29 is 17.6 Å². The Morgan fingerprint density at radius 3 is 2.39 bits per heavy atom. The summed E-state index contributed by atoms with van der Waals surface area (Å²) in [6.07, 6.45) is 3.23. The summed E-state index contributed by atoms with van der Waals surface area (Å²) in [5.74, 6) is -2.93. The molecule has 1 fully saturated rings. The Kier molecular flexibility index (Phi) is 7.13. The molecule has 2 aromatic carbocycles. The number of anilines is 2. The molecule has 1 aliphatic heterocycles. The van der Waals surface area contributed by atoms with E-state index in [9.17, 15) is 8.78 Å². The first-order valence-electron chi connectivity index (χ1n) is 11.1. The van der Waals surface area contributed by atoms with Crippen LogP contribution in [0.25, 0.3) is 21.7 Å². The summed E-state index contributed by atoms with van der Waals surface area (Å²) in [5.41, 5.74) is 0.561. The maximum atomic E-state index is 15.7. The molecule has 186 valence electrons. The Balaban J connectivity index is 1.54. The average Bonchev–Trinajstić information content (AvgIpc) is 3.31. The lowest BCUT2D eigenvalue weighted by molar-refractivity contribution is 0.313. The molecule has 5 rings (SSSR count). The van der Waals surface area contributed by atoms with Crippen LogP contribution in [-0.2, 0) is 0 Å². The second-order valence-electron chi connectivity index (χ2n) is 8.26. The summed E-state index contributed by atoms with van der Waals surface area (Å²) in [4.78, 5) is 13.6. The van der Waals surface area contributed by atoms with Gasteiger partial charge in [-0.3, -0.25) is 4.98 Å². The number of thiazole rings is 1. The number of pyridine rings is 1. The van der Waals surface area contributed by atoms with Gasteiger partial charge in [0.25, 0.3) is 0 Å². The minimum Gasteiger partial charge on any atom is -0.345 e. The highest BCUT2D eigenvalue weighted by Crippen LogP contribution is 2.43. The van der Waals surface area contributed by atoms with Crippen LogP contribution in [0.4, 0.5) is 28.4 Å². The SMILES string of the molecule is CN1CCN(c2nc(-c3c(F)ccc(NSc4cc(F)ccc4F)c3F)c(-c3ccncc3)s2)CC1. The molecule has 0 atom stereocenters. The Labute approximate surface area is 213 Å². The lowest BCUT2D eigenvalue weighted by Gasteiger charge is -2.32. The zero-order valence-corrected chi connectivity index (χ0v) is 20.8. The molecule has 0 aliphatic carbocycles. The van der Waals surface area contributed by atoms with Gasteiger partial charge in [0.05, 0.1) is 26.7 Å². The average molecular weight is 532 g/mol. The van der Waals surface area contributed by atoms with E-state index in [2.05, 4.69) is 19.5 Å². The molecule has 0 saturated carbocycles. The Bertz CT molecular complexity index is 1370. The molecular weight excluding hydrogens is 510 g/mol. The Hall–Kier alpha value is -3.15. The van der Waals surface area contributed by atoms with Gasteiger partial charge in [-0.1, -0.05) is 11.3 Å². The molecular formula is C25H21F4N5S2. The van der Waals surface area contributed by atoms with Crippen molar-refractivity contribution >= 4 is 34.1 Å². The number of nitrogens with one attached hydrogen (secondary N) is 1. The van der Waals surface area contributed by atoms with Crippen LogP contribution in [0.5, 0.6) is 0 Å². The van der Waals surface area contributed by atoms with Gasteiger partial charge in [-0.25, -0.2) is 22.5 Å². The van der Waals surface area contributed by atoms with Gasteiger partial charge in [-0.05, 0) is 67.0 Å². The smallest absolute Gasteiger partial charge is 0.186 e. The molecule has 0 radical (unpaired) electrons. The van der Waals surface area contributed by atoms with E-state index in [1.165, 1.54) is 17.4 Å². The molecule has 1 saturated heterocycles. The molecule has 1 N–H and O–H groups in total. The molecule has 1 aliphatic rings. The Morgan fingerprint density at radius 2 is 1.64 bits per heavy atom. The van der Waals surface area contributed by atoms with Crippen molar-refractivity contribution in [3.8, 4) is 21.7 Å². The van der Waals surface area contributed by atoms with Crippen molar-refractivity contribution in [3.05, 3.63) is 78.1 Å². The van der Waals surface area contributed by atoms with Crippen molar-refractivity contribution in [2.24, 2.45) is 0 Å². The lowest BCUT2D eigenvalue weighted by atomic mass is 10.1. The number of benzene rings is 2. The van der Waals surface area contributed by atoms with E-state index in [0.717, 1.165) is 56.0 Å². The van der Waals surface area contributed by atoms with Crippen LogP contribution in [0.15, 0.2) is 59.8 Å². The van der Waals surface area contributed by atoms with Crippen LogP contribution >= 0.6 is 23.3 Å². The van der Waals surface area contributed by atoms with E-state index in [1.54, 1.807) is 24.5 Å². The lowest BCUT2D eigenvalue weighted by Crippen LogP contribution is -2.44. The topological polar surface area (TPSA) is 44.3 Å². The number of rotatable bonds is 6. The fourth-order valence-corrected chi connectivity index (χ4v) is 5.67. The summed E-state index contributed by atoms with van der Waals surface area (Å²) in [6, 6.07) is 8.88. The Morgan fingerprint density at radius 1 is 0.917 bits per heavy atom. The minimum absolute atomic E-state index is 0.0521. The maximum Gasteiger partial charge on any atom is 0.186 e. The van der Waals surface area contributed by atoms with Gasteiger partial charge in [0.2, 0.25) is 0 Å². The second-order valence-corrected chi connectivity index (χ2v) is 10.1. The van der Waals surface area contributed by atoms with Crippen molar-refractivity contribution in [1.29, 1.82) is 0 Å². The van der Waals surface area contributed by atoms with E-state index < -0.39 is 23.3 Å². The van der Waals surface area contributed by atoms with Gasteiger partial charge in [0.1, 0.15) is 17.5 Å². The standard InChI is InChI=1S/C25H21F4N5S2/c1-33-10-12-34(13-11-33)25-31-23(24(35-25)15-6-8-30-9-7-15)21-18(28)4-5-19(22(21)29)32-36-20-14-16(26)2-3-17(20)27/h2-9,14,32H,10-13H2,1H3. The van der Waals surface area contributed by atoms with Crippen LogP contribution in [-0.4, -0.2) is 48.1 Å². The number of piperazine rings is 1. The summed E-state index contributed by atoms with van der Waals surface area (Å²) in [5, 5.41) is 0.679. The summed E-state index contributed by atoms with van der Waals surface area (Å²) >= 11 is 2.07. The van der Waals surface area contributed by atoms with Crippen LogP contribution in [0.1, 0.15) is 0 Å². The van der Waals surface area contributed by atoms with Gasteiger partial charge in [0.15, 0.2) is 10.9 Å². The zero-order chi connectivity index (χ0) is 25.2. The zero-order valence-electron chi connectivity index (χ0n) is 19.1. The van der Waals surface area contributed by atoms with Gasteiger partial charge in [-0.15, -0.1) is 0 Å². The van der Waals surface area contributed by atoms with Gasteiger partial charge < -0.3 is 14.5 Å². The number of halogens is 4. The predicted molar refractivity (Wildman–Crippen MR) is 136 cm³/mol. The van der Waals surface area contributed by atoms with E-state index >= 15 is 8.78 Å². The van der Waals surface area contributed by atoms with Crippen molar-refractivity contribution in [3.63, 3.8) is 0 Å². The highest BCUT2D eigenvalue weighted by Gasteiger charge is 2.26. The summed E-state index contributed by atoms with van der Waals surface area (Å²) in [6.45, 7) is 3.22. The third kappa shape index (κ3) is 5.04. The first-order valence-corrected chi connectivity index (χ1v) is 12.7. The molecule has 0 unspecified atom stereocenters. The highest BCUT2D eigenvalue weighted by atomic mass is 32.2. The second kappa shape index (κ2) is 10.5. The van der Waals surface area contributed by atoms with E-state index in [0.29, 0.717) is 22.0 Å². The highest BCUT2D eigenvalue weighted by molar-refractivity contribution is 8.00. The van der Waals surface area contributed by atoms with Crippen molar-refractivity contribution in [1.82, 2.24) is 14.9 Å². The molecule has 0 spiro atoms. The summed E-state index contributed by atoms with van der Waals surface area (Å²) < 4.78 is 61.1. The number of aromatic nitrogens is 2. The van der Waals surface area contributed by atoms with E-state index in [1.807, 2.05) is 7.05 Å². The van der Waals surface area contributed by atoms with Crippen LogP contribution in [0, 0.1) is 23.3 Å². The fourth-order valence-electron chi connectivity index (χ4n) is 3.82. The van der Waals surface area contributed by atoms with E-state index in [-0.39, 0.29) is 21.8 Å². The van der Waals surface area contributed by atoms with Gasteiger partial charge >= 0.3 is 0 Å². The maximum absolute atomic E-state index is 15.7. The van der Waals surface area contributed by atoms with E-state index in [4.69, 9.17) is 4.98 Å². The predicted octanol–water partition coefficient (Wildman–Crippen LogP) is 6.30. The number of likely N-dealkylation sites (N-methyl/N-ethyl adjacent to an activating group) is 1. The van der Waals surface area contributed by atoms with Crippen molar-refractivity contribution in [2.75, 3.05) is 42.8 Å². The first-order chi connectivity index (χ1) is 17.4. The normalized spacial score (nSPS) is 14.3. The van der Waals surface area contributed by atoms with Crippen LogP contribution in [0.3, 0.4) is 0 Å².